The Morgan fingerprint density at radius 1 is 0.829 bits per heavy atom. The maximum atomic E-state index is 12.3. The molecular formula is C27H24N2O6. The van der Waals surface area contributed by atoms with E-state index in [-0.39, 0.29) is 18.2 Å². The van der Waals surface area contributed by atoms with Gasteiger partial charge >= 0.3 is 5.97 Å². The lowest BCUT2D eigenvalue weighted by Gasteiger charge is -2.11. The predicted molar refractivity (Wildman–Crippen MR) is 130 cm³/mol. The Kier molecular flexibility index (Phi) is 8.46. The van der Waals surface area contributed by atoms with Crippen LogP contribution in [0.5, 0.6) is 23.0 Å². The molecule has 1 amide bonds. The maximum Gasteiger partial charge on any atom is 0.330 e. The number of amides is 1. The summed E-state index contributed by atoms with van der Waals surface area (Å²) in [6, 6.07) is 20.8. The highest BCUT2D eigenvalue weighted by Crippen LogP contribution is 2.33. The van der Waals surface area contributed by atoms with Crippen molar-refractivity contribution in [3.8, 4) is 29.1 Å². The SMILES string of the molecule is COc1ccc(/C(C#N)=C\c2ccc(OC(=O)CNC(=O)c3ccccc3)c(OC)c2)cc1OC. The second-order valence-electron chi connectivity index (χ2n) is 7.17. The lowest BCUT2D eigenvalue weighted by molar-refractivity contribution is -0.133. The number of methoxy groups -OCH3 is 3. The van der Waals surface area contributed by atoms with Crippen molar-refractivity contribution in [2.24, 2.45) is 0 Å². The smallest absolute Gasteiger partial charge is 0.330 e. The van der Waals surface area contributed by atoms with E-state index in [1.54, 1.807) is 72.8 Å². The maximum absolute atomic E-state index is 12.3. The van der Waals surface area contributed by atoms with Crippen LogP contribution in [0.1, 0.15) is 21.5 Å². The summed E-state index contributed by atoms with van der Waals surface area (Å²) >= 11 is 0. The van der Waals surface area contributed by atoms with Gasteiger partial charge in [-0.1, -0.05) is 24.3 Å². The molecule has 0 unspecified atom stereocenters. The minimum Gasteiger partial charge on any atom is -0.493 e. The standard InChI is InChI=1S/C27H24N2O6/c1-32-22-12-10-20(15-25(22)34-3)21(16-28)13-18-9-11-23(24(14-18)33-2)35-26(30)17-29-27(31)19-7-5-4-6-8-19/h4-15H,17H2,1-3H3,(H,29,31)/b21-13-. The molecule has 1 N–H and O–H groups in total. The molecule has 0 fully saturated rings. The zero-order valence-corrected chi connectivity index (χ0v) is 19.5. The molecule has 0 atom stereocenters. The van der Waals surface area contributed by atoms with Crippen molar-refractivity contribution < 1.29 is 28.5 Å². The molecule has 0 saturated carbocycles. The summed E-state index contributed by atoms with van der Waals surface area (Å²) in [4.78, 5) is 24.4. The van der Waals surface area contributed by atoms with Crippen LogP contribution in [0.2, 0.25) is 0 Å². The van der Waals surface area contributed by atoms with E-state index in [0.717, 1.165) is 0 Å². The Balaban J connectivity index is 1.73. The van der Waals surface area contributed by atoms with E-state index in [1.807, 2.05) is 0 Å². The predicted octanol–water partition coefficient (Wildman–Crippen LogP) is 4.11. The van der Waals surface area contributed by atoms with Gasteiger partial charge in [-0.3, -0.25) is 4.79 Å². The molecule has 0 radical (unpaired) electrons. The normalized spacial score (nSPS) is 10.6. The summed E-state index contributed by atoms with van der Waals surface area (Å²) in [6.45, 7) is -0.309. The summed E-state index contributed by atoms with van der Waals surface area (Å²) in [6.07, 6.45) is 1.68. The molecule has 0 aliphatic carbocycles. The van der Waals surface area contributed by atoms with E-state index >= 15 is 0 Å². The van der Waals surface area contributed by atoms with E-state index < -0.39 is 5.97 Å². The van der Waals surface area contributed by atoms with Gasteiger partial charge in [0.25, 0.3) is 5.91 Å². The van der Waals surface area contributed by atoms with Gasteiger partial charge < -0.3 is 24.3 Å². The summed E-state index contributed by atoms with van der Waals surface area (Å²) < 4.78 is 21.3. The molecule has 0 aromatic heterocycles. The van der Waals surface area contributed by atoms with Crippen LogP contribution < -0.4 is 24.3 Å². The lowest BCUT2D eigenvalue weighted by atomic mass is 10.0. The largest absolute Gasteiger partial charge is 0.493 e. The van der Waals surface area contributed by atoms with E-state index in [1.165, 1.54) is 21.3 Å². The van der Waals surface area contributed by atoms with Crippen molar-refractivity contribution in [3.63, 3.8) is 0 Å². The number of nitrogens with zero attached hydrogens (tertiary/aromatic N) is 1. The van der Waals surface area contributed by atoms with E-state index in [2.05, 4.69) is 11.4 Å². The summed E-state index contributed by atoms with van der Waals surface area (Å²) in [7, 11) is 4.50. The molecule has 0 spiro atoms. The fourth-order valence-electron chi connectivity index (χ4n) is 3.21. The molecule has 178 valence electrons. The molecule has 8 nitrogen and oxygen atoms in total. The van der Waals surface area contributed by atoms with Crippen LogP contribution in [0, 0.1) is 11.3 Å². The van der Waals surface area contributed by atoms with Gasteiger partial charge in [-0.15, -0.1) is 0 Å². The Morgan fingerprint density at radius 3 is 2.14 bits per heavy atom. The highest BCUT2D eigenvalue weighted by Gasteiger charge is 2.14. The Labute approximate surface area is 203 Å². The number of rotatable bonds is 9. The first-order chi connectivity index (χ1) is 17.0. The van der Waals surface area contributed by atoms with Crippen LogP contribution in [0.15, 0.2) is 66.7 Å². The van der Waals surface area contributed by atoms with Crippen LogP contribution in [0.25, 0.3) is 11.6 Å². The lowest BCUT2D eigenvalue weighted by Crippen LogP contribution is -2.31. The number of carbonyl (C=O) groups excluding carboxylic acids is 2. The van der Waals surface area contributed by atoms with Crippen LogP contribution in [-0.4, -0.2) is 39.8 Å². The molecule has 0 heterocycles. The van der Waals surface area contributed by atoms with Gasteiger partial charge in [0.05, 0.1) is 33.0 Å². The third kappa shape index (κ3) is 6.39. The molecule has 8 heteroatoms. The van der Waals surface area contributed by atoms with Crippen molar-refractivity contribution in [1.82, 2.24) is 5.32 Å². The fraction of sp³-hybridized carbons (Fsp3) is 0.148. The van der Waals surface area contributed by atoms with Crippen LogP contribution in [0.4, 0.5) is 0 Å². The molecule has 0 saturated heterocycles. The number of benzene rings is 3. The number of hydrogen-bond acceptors (Lipinski definition) is 7. The molecule has 0 bridgehead atoms. The first-order valence-electron chi connectivity index (χ1n) is 10.5. The summed E-state index contributed by atoms with van der Waals surface area (Å²) in [5.74, 6) is 0.513. The Bertz CT molecular complexity index is 1280. The average Bonchev–Trinajstić information content (AvgIpc) is 2.91. The zero-order chi connectivity index (χ0) is 25.2. The second kappa shape index (κ2) is 11.9. The van der Waals surface area contributed by atoms with Gasteiger partial charge in [0, 0.05) is 5.56 Å². The second-order valence-corrected chi connectivity index (χ2v) is 7.17. The molecule has 3 aromatic carbocycles. The monoisotopic (exact) mass is 472 g/mol. The third-order valence-electron chi connectivity index (χ3n) is 4.97. The number of esters is 1. The summed E-state index contributed by atoms with van der Waals surface area (Å²) in [5.41, 5.74) is 2.14. The van der Waals surface area contributed by atoms with Crippen molar-refractivity contribution in [2.75, 3.05) is 27.9 Å². The van der Waals surface area contributed by atoms with Crippen LogP contribution in [-0.2, 0) is 4.79 Å². The van der Waals surface area contributed by atoms with Gasteiger partial charge in [0.2, 0.25) is 0 Å². The minimum atomic E-state index is -0.654. The zero-order valence-electron chi connectivity index (χ0n) is 19.5. The van der Waals surface area contributed by atoms with E-state index in [0.29, 0.717) is 39.5 Å². The molecule has 35 heavy (non-hydrogen) atoms. The number of nitriles is 1. The van der Waals surface area contributed by atoms with Crippen LogP contribution >= 0.6 is 0 Å². The highest BCUT2D eigenvalue weighted by atomic mass is 16.6. The van der Waals surface area contributed by atoms with E-state index in [9.17, 15) is 14.9 Å². The first-order valence-corrected chi connectivity index (χ1v) is 10.5. The number of allylic oxidation sites excluding steroid dienone is 1. The van der Waals surface area contributed by atoms with Gasteiger partial charge in [-0.2, -0.15) is 5.26 Å². The Morgan fingerprint density at radius 2 is 1.49 bits per heavy atom. The minimum absolute atomic E-state index is 0.188. The number of carbonyl (C=O) groups is 2. The molecule has 0 aliphatic rings. The highest BCUT2D eigenvalue weighted by molar-refractivity contribution is 5.96. The first kappa shape index (κ1) is 24.9. The molecule has 0 aliphatic heterocycles. The quantitative estimate of drug-likeness (QED) is 0.216. The molecular weight excluding hydrogens is 448 g/mol. The fourth-order valence-corrected chi connectivity index (χ4v) is 3.21. The van der Waals surface area contributed by atoms with Gasteiger partial charge in [0.15, 0.2) is 23.0 Å². The van der Waals surface area contributed by atoms with Crippen molar-refractivity contribution in [2.45, 2.75) is 0 Å². The van der Waals surface area contributed by atoms with Gasteiger partial charge in [0.1, 0.15) is 6.54 Å². The molecule has 3 aromatic rings. The average molecular weight is 472 g/mol. The number of nitrogens with one attached hydrogen (secondary N) is 1. The van der Waals surface area contributed by atoms with Crippen molar-refractivity contribution >= 4 is 23.5 Å². The summed E-state index contributed by atoms with van der Waals surface area (Å²) in [5, 5.41) is 12.2. The molecule has 3 rings (SSSR count). The van der Waals surface area contributed by atoms with Gasteiger partial charge in [-0.05, 0) is 59.7 Å². The van der Waals surface area contributed by atoms with Crippen LogP contribution in [0.3, 0.4) is 0 Å². The Hall–Kier alpha value is -4.77. The third-order valence-corrected chi connectivity index (χ3v) is 4.97. The van der Waals surface area contributed by atoms with Crippen molar-refractivity contribution in [3.05, 3.63) is 83.4 Å². The van der Waals surface area contributed by atoms with E-state index in [4.69, 9.17) is 18.9 Å². The number of hydrogen-bond donors (Lipinski definition) is 1. The van der Waals surface area contributed by atoms with Gasteiger partial charge in [-0.25, -0.2) is 4.79 Å². The van der Waals surface area contributed by atoms with Crippen molar-refractivity contribution in [1.29, 1.82) is 5.26 Å². The topological polar surface area (TPSA) is 107 Å². The number of ether oxygens (including phenoxy) is 4.